The number of fused-ring (bicyclic) bond motifs is 1. The summed E-state index contributed by atoms with van der Waals surface area (Å²) >= 11 is 1.48. The van der Waals surface area contributed by atoms with Gasteiger partial charge in [-0.15, -0.1) is 16.4 Å². The highest BCUT2D eigenvalue weighted by molar-refractivity contribution is 7.10. The summed E-state index contributed by atoms with van der Waals surface area (Å²) in [5, 5.41) is 10.0. The minimum Gasteiger partial charge on any atom is -0.442 e. The Morgan fingerprint density at radius 2 is 2.10 bits per heavy atom. The summed E-state index contributed by atoms with van der Waals surface area (Å²) in [6.45, 7) is -0.235. The van der Waals surface area contributed by atoms with E-state index in [-0.39, 0.29) is 18.7 Å². The highest BCUT2D eigenvalue weighted by Crippen LogP contribution is 2.09. The van der Waals surface area contributed by atoms with Crippen LogP contribution in [0.25, 0.3) is 10.9 Å². The fourth-order valence-corrected chi connectivity index (χ4v) is 2.54. The van der Waals surface area contributed by atoms with Crippen molar-refractivity contribution >= 4 is 28.2 Å². The number of nitrogens with zero attached hydrogens (tertiary/aromatic N) is 3. The second-order valence-corrected chi connectivity index (χ2v) is 5.35. The molecule has 0 spiro atoms. The highest BCUT2D eigenvalue weighted by atomic mass is 32.1. The van der Waals surface area contributed by atoms with Crippen LogP contribution in [0.1, 0.15) is 4.88 Å². The molecule has 0 radical (unpaired) electrons. The summed E-state index contributed by atoms with van der Waals surface area (Å²) in [5.74, 6) is -0.403. The fourth-order valence-electron chi connectivity index (χ4n) is 1.85. The topological polar surface area (TPSA) is 74.1 Å². The van der Waals surface area contributed by atoms with Gasteiger partial charge in [-0.05, 0) is 23.6 Å². The molecule has 0 saturated carbocycles. The van der Waals surface area contributed by atoms with Gasteiger partial charge in [0.15, 0.2) is 6.73 Å². The van der Waals surface area contributed by atoms with E-state index < -0.39 is 5.97 Å². The maximum absolute atomic E-state index is 12.1. The number of aromatic nitrogens is 3. The van der Waals surface area contributed by atoms with E-state index >= 15 is 0 Å². The molecule has 2 heterocycles. The Morgan fingerprint density at radius 1 is 1.24 bits per heavy atom. The third-order valence-corrected chi connectivity index (χ3v) is 3.75. The van der Waals surface area contributed by atoms with E-state index in [9.17, 15) is 9.59 Å². The van der Waals surface area contributed by atoms with Gasteiger partial charge >= 0.3 is 5.97 Å². The Labute approximate surface area is 123 Å². The van der Waals surface area contributed by atoms with Gasteiger partial charge in [0.05, 0.1) is 11.8 Å². The molecule has 0 atom stereocenters. The quantitative estimate of drug-likeness (QED) is 0.684. The van der Waals surface area contributed by atoms with E-state index in [4.69, 9.17) is 4.74 Å². The van der Waals surface area contributed by atoms with Crippen molar-refractivity contribution < 1.29 is 9.53 Å². The van der Waals surface area contributed by atoms with Crippen LogP contribution in [0.2, 0.25) is 0 Å². The molecule has 106 valence electrons. The van der Waals surface area contributed by atoms with Crippen molar-refractivity contribution in [1.29, 1.82) is 0 Å². The number of carbonyl (C=O) groups excluding carboxylic acids is 1. The Morgan fingerprint density at radius 3 is 2.90 bits per heavy atom. The van der Waals surface area contributed by atoms with E-state index in [1.807, 2.05) is 17.5 Å². The molecule has 0 aliphatic carbocycles. The monoisotopic (exact) mass is 301 g/mol. The number of thiophene rings is 1. The van der Waals surface area contributed by atoms with Crippen molar-refractivity contribution in [3.63, 3.8) is 0 Å². The molecule has 0 unspecified atom stereocenters. The third kappa shape index (κ3) is 2.97. The second kappa shape index (κ2) is 5.84. The molecule has 0 amide bonds. The van der Waals surface area contributed by atoms with E-state index in [2.05, 4.69) is 10.3 Å². The second-order valence-electron chi connectivity index (χ2n) is 4.31. The molecular formula is C14H11N3O3S. The molecule has 7 heteroatoms. The van der Waals surface area contributed by atoms with Gasteiger partial charge in [-0.1, -0.05) is 23.4 Å². The van der Waals surface area contributed by atoms with Crippen LogP contribution in [0.3, 0.4) is 0 Å². The molecule has 0 aliphatic heterocycles. The Kier molecular flexibility index (Phi) is 3.74. The van der Waals surface area contributed by atoms with Gasteiger partial charge in [-0.3, -0.25) is 9.59 Å². The number of hydrogen-bond donors (Lipinski definition) is 0. The standard InChI is InChI=1S/C14H11N3O3S/c18-13(8-10-4-3-7-21-10)20-9-17-14(19)11-5-1-2-6-12(11)15-16-17/h1-7H,8-9H2. The highest BCUT2D eigenvalue weighted by Gasteiger charge is 2.09. The van der Waals surface area contributed by atoms with Gasteiger partial charge in [-0.2, -0.15) is 4.68 Å². The number of hydrogen-bond acceptors (Lipinski definition) is 6. The number of benzene rings is 1. The molecule has 6 nitrogen and oxygen atoms in total. The van der Waals surface area contributed by atoms with Gasteiger partial charge in [-0.25, -0.2) is 0 Å². The normalized spacial score (nSPS) is 10.7. The molecular weight excluding hydrogens is 290 g/mol. The van der Waals surface area contributed by atoms with Gasteiger partial charge < -0.3 is 4.74 Å². The maximum Gasteiger partial charge on any atom is 0.312 e. The lowest BCUT2D eigenvalue weighted by Gasteiger charge is -2.06. The minimum absolute atomic E-state index is 0.188. The number of carbonyl (C=O) groups is 1. The van der Waals surface area contributed by atoms with Gasteiger partial charge in [0.1, 0.15) is 5.52 Å². The number of ether oxygens (including phenoxy) is 1. The molecule has 1 aromatic carbocycles. The molecule has 0 aliphatic rings. The molecule has 3 aromatic rings. The summed E-state index contributed by atoms with van der Waals surface area (Å²) in [4.78, 5) is 24.7. The smallest absolute Gasteiger partial charge is 0.312 e. The molecule has 0 saturated heterocycles. The van der Waals surface area contributed by atoms with E-state index in [1.165, 1.54) is 11.3 Å². The van der Waals surface area contributed by atoms with Crippen molar-refractivity contribution in [2.45, 2.75) is 13.2 Å². The van der Waals surface area contributed by atoms with E-state index in [0.29, 0.717) is 10.9 Å². The maximum atomic E-state index is 12.1. The Hall–Kier alpha value is -2.54. The molecule has 3 rings (SSSR count). The predicted molar refractivity (Wildman–Crippen MR) is 77.9 cm³/mol. The SMILES string of the molecule is O=C(Cc1cccs1)OCn1nnc2ccccc2c1=O. The molecule has 2 aromatic heterocycles. The lowest BCUT2D eigenvalue weighted by atomic mass is 10.2. The minimum atomic E-state index is -0.403. The zero-order valence-corrected chi connectivity index (χ0v) is 11.7. The first-order valence-electron chi connectivity index (χ1n) is 6.24. The average Bonchev–Trinajstić information content (AvgIpc) is 3.00. The van der Waals surface area contributed by atoms with Gasteiger partial charge in [0, 0.05) is 4.88 Å². The lowest BCUT2D eigenvalue weighted by molar-refractivity contribution is -0.147. The lowest BCUT2D eigenvalue weighted by Crippen LogP contribution is -2.26. The zero-order valence-electron chi connectivity index (χ0n) is 10.9. The van der Waals surface area contributed by atoms with Crippen molar-refractivity contribution in [1.82, 2.24) is 15.0 Å². The zero-order chi connectivity index (χ0) is 14.7. The van der Waals surface area contributed by atoms with Crippen LogP contribution < -0.4 is 5.56 Å². The average molecular weight is 301 g/mol. The van der Waals surface area contributed by atoms with Crippen LogP contribution in [0.4, 0.5) is 0 Å². The Balaban J connectivity index is 1.72. The fraction of sp³-hybridized carbons (Fsp3) is 0.143. The van der Waals surface area contributed by atoms with Gasteiger partial charge in [0.25, 0.3) is 5.56 Å². The first-order valence-corrected chi connectivity index (χ1v) is 7.12. The number of rotatable bonds is 4. The summed E-state index contributed by atoms with van der Waals surface area (Å²) < 4.78 is 6.10. The third-order valence-electron chi connectivity index (χ3n) is 2.88. The summed E-state index contributed by atoms with van der Waals surface area (Å²) in [7, 11) is 0. The molecule has 0 N–H and O–H groups in total. The summed E-state index contributed by atoms with van der Waals surface area (Å²) in [5.41, 5.74) is 0.188. The molecule has 0 fully saturated rings. The molecule has 0 bridgehead atoms. The van der Waals surface area contributed by atoms with Crippen LogP contribution in [-0.4, -0.2) is 21.0 Å². The Bertz CT molecular complexity index is 827. The van der Waals surface area contributed by atoms with Crippen LogP contribution in [-0.2, 0) is 22.7 Å². The summed E-state index contributed by atoms with van der Waals surface area (Å²) in [6, 6.07) is 10.6. The first kappa shape index (κ1) is 13.4. The van der Waals surface area contributed by atoms with Crippen molar-refractivity contribution in [3.8, 4) is 0 Å². The van der Waals surface area contributed by atoms with Crippen LogP contribution in [0, 0.1) is 0 Å². The van der Waals surface area contributed by atoms with Crippen molar-refractivity contribution in [2.75, 3.05) is 0 Å². The molecule has 21 heavy (non-hydrogen) atoms. The largest absolute Gasteiger partial charge is 0.442 e. The first-order chi connectivity index (χ1) is 10.2. The van der Waals surface area contributed by atoms with Crippen LogP contribution >= 0.6 is 11.3 Å². The van der Waals surface area contributed by atoms with E-state index in [1.54, 1.807) is 24.3 Å². The van der Waals surface area contributed by atoms with E-state index in [0.717, 1.165) is 9.56 Å². The van der Waals surface area contributed by atoms with Crippen molar-refractivity contribution in [2.24, 2.45) is 0 Å². The van der Waals surface area contributed by atoms with Crippen LogP contribution in [0.5, 0.6) is 0 Å². The summed E-state index contributed by atoms with van der Waals surface area (Å²) in [6.07, 6.45) is 0.188. The van der Waals surface area contributed by atoms with Crippen molar-refractivity contribution in [3.05, 3.63) is 57.0 Å². The van der Waals surface area contributed by atoms with Gasteiger partial charge in [0.2, 0.25) is 0 Å². The number of esters is 1. The van der Waals surface area contributed by atoms with Crippen LogP contribution in [0.15, 0.2) is 46.6 Å². The predicted octanol–water partition coefficient (Wildman–Crippen LogP) is 1.60.